The number of benzene rings is 4. The number of fused-ring (bicyclic) bond motifs is 2. The molecule has 6 rings (SSSR count). The van der Waals surface area contributed by atoms with E-state index in [9.17, 15) is 19.5 Å². The van der Waals surface area contributed by atoms with Crippen LogP contribution in [0.4, 0.5) is 16.2 Å². The first kappa shape index (κ1) is 27.0. The number of carboxylic acid groups (broad SMARTS) is 1. The van der Waals surface area contributed by atoms with E-state index in [0.717, 1.165) is 22.3 Å². The van der Waals surface area contributed by atoms with Crippen molar-refractivity contribution in [2.75, 3.05) is 24.5 Å². The van der Waals surface area contributed by atoms with E-state index < -0.39 is 23.5 Å². The molecule has 7 nitrogen and oxygen atoms in total. The highest BCUT2D eigenvalue weighted by molar-refractivity contribution is 6.06. The van der Waals surface area contributed by atoms with Gasteiger partial charge in [-0.15, -0.1) is 0 Å². The average Bonchev–Trinajstić information content (AvgIpc) is 3.21. The largest absolute Gasteiger partial charge is 0.480 e. The van der Waals surface area contributed by atoms with Crippen molar-refractivity contribution in [2.24, 2.45) is 0 Å². The van der Waals surface area contributed by atoms with Gasteiger partial charge in [0.25, 0.3) is 0 Å². The minimum atomic E-state index is -1.22. The highest BCUT2D eigenvalue weighted by Gasteiger charge is 2.45. The Balaban J connectivity index is 1.34. The normalized spacial score (nSPS) is 16.3. The van der Waals surface area contributed by atoms with E-state index in [1.807, 2.05) is 128 Å². The second kappa shape index (κ2) is 11.0. The SMILES string of the molecule is CC(C(=O)N1CCN(C(=O)N2c3ccccc3C=Cc3ccccc32)[C@H](C(=O)O)C1)(c1ccccc1)c1ccccc1. The van der Waals surface area contributed by atoms with Crippen molar-refractivity contribution >= 4 is 41.4 Å². The molecule has 0 aromatic heterocycles. The highest BCUT2D eigenvalue weighted by Crippen LogP contribution is 2.38. The smallest absolute Gasteiger partial charge is 0.330 e. The molecule has 0 radical (unpaired) electrons. The Labute approximate surface area is 244 Å². The summed E-state index contributed by atoms with van der Waals surface area (Å²) >= 11 is 0. The van der Waals surface area contributed by atoms with E-state index >= 15 is 0 Å². The summed E-state index contributed by atoms with van der Waals surface area (Å²) in [6.45, 7) is 2.05. The van der Waals surface area contributed by atoms with Crippen LogP contribution in [0.1, 0.15) is 29.2 Å². The zero-order valence-corrected chi connectivity index (χ0v) is 23.3. The molecule has 0 unspecified atom stereocenters. The maximum Gasteiger partial charge on any atom is 0.330 e. The van der Waals surface area contributed by atoms with Gasteiger partial charge < -0.3 is 14.9 Å². The van der Waals surface area contributed by atoms with Crippen LogP contribution in [-0.4, -0.2) is 58.5 Å². The molecule has 7 heteroatoms. The van der Waals surface area contributed by atoms with Crippen molar-refractivity contribution in [3.8, 4) is 0 Å². The number of piperazine rings is 1. The lowest BCUT2D eigenvalue weighted by atomic mass is 9.75. The summed E-state index contributed by atoms with van der Waals surface area (Å²) in [5.41, 5.74) is 3.65. The standard InChI is InChI=1S/C35H31N3O4/c1-35(27-14-4-2-5-15-27,28-16-6-3-7-17-28)33(41)36-22-23-37(31(24-36)32(39)40)34(42)38-29-18-10-8-12-25(29)20-21-26-13-9-11-19-30(26)38/h2-21,31H,22-24H2,1H3,(H,39,40)/t31-/m0/s1. The molecule has 210 valence electrons. The van der Waals surface area contributed by atoms with E-state index in [4.69, 9.17) is 0 Å². The van der Waals surface area contributed by atoms with Crippen LogP contribution in [0, 0.1) is 0 Å². The van der Waals surface area contributed by atoms with Crippen LogP contribution in [0.25, 0.3) is 12.2 Å². The third kappa shape index (κ3) is 4.63. The third-order valence-corrected chi connectivity index (χ3v) is 8.32. The molecule has 1 saturated heterocycles. The van der Waals surface area contributed by atoms with Crippen molar-refractivity contribution in [3.05, 3.63) is 131 Å². The molecule has 1 atom stereocenters. The van der Waals surface area contributed by atoms with Crippen molar-refractivity contribution in [1.29, 1.82) is 0 Å². The highest BCUT2D eigenvalue weighted by atomic mass is 16.4. The second-order valence-corrected chi connectivity index (χ2v) is 10.7. The van der Waals surface area contributed by atoms with Gasteiger partial charge >= 0.3 is 12.0 Å². The maximum atomic E-state index is 14.4. The molecule has 2 aliphatic rings. The minimum Gasteiger partial charge on any atom is -0.480 e. The Hall–Kier alpha value is -5.17. The van der Waals surface area contributed by atoms with Crippen LogP contribution >= 0.6 is 0 Å². The van der Waals surface area contributed by atoms with Gasteiger partial charge in [-0.3, -0.25) is 9.69 Å². The van der Waals surface area contributed by atoms with Crippen molar-refractivity contribution < 1.29 is 19.5 Å². The number of nitrogens with zero attached hydrogens (tertiary/aromatic N) is 3. The van der Waals surface area contributed by atoms with Gasteiger partial charge in [0.15, 0.2) is 0 Å². The summed E-state index contributed by atoms with van der Waals surface area (Å²) in [5.74, 6) is -1.36. The minimum absolute atomic E-state index is 0.0788. The number of hydrogen-bond donors (Lipinski definition) is 1. The first-order chi connectivity index (χ1) is 20.4. The predicted octanol–water partition coefficient (Wildman–Crippen LogP) is 6.03. The molecule has 0 aliphatic carbocycles. The van der Waals surface area contributed by atoms with Gasteiger partial charge in [0.05, 0.1) is 23.3 Å². The Morgan fingerprint density at radius 2 is 1.17 bits per heavy atom. The number of hydrogen-bond acceptors (Lipinski definition) is 3. The third-order valence-electron chi connectivity index (χ3n) is 8.32. The number of para-hydroxylation sites is 2. The molecular weight excluding hydrogens is 526 g/mol. The monoisotopic (exact) mass is 557 g/mol. The molecule has 0 spiro atoms. The van der Waals surface area contributed by atoms with Gasteiger partial charge in [0, 0.05) is 13.1 Å². The van der Waals surface area contributed by atoms with Gasteiger partial charge in [-0.2, -0.15) is 0 Å². The molecule has 1 fully saturated rings. The lowest BCUT2D eigenvalue weighted by Gasteiger charge is -2.44. The van der Waals surface area contributed by atoms with Crippen LogP contribution in [0.15, 0.2) is 109 Å². The van der Waals surface area contributed by atoms with Crippen LogP contribution in [0.2, 0.25) is 0 Å². The average molecular weight is 558 g/mol. The summed E-state index contributed by atoms with van der Waals surface area (Å²) in [6, 6.07) is 32.5. The van der Waals surface area contributed by atoms with Gasteiger partial charge in [-0.1, -0.05) is 109 Å². The van der Waals surface area contributed by atoms with Crippen LogP contribution < -0.4 is 4.90 Å². The Morgan fingerprint density at radius 1 is 0.690 bits per heavy atom. The number of aliphatic carboxylic acids is 1. The molecule has 4 aromatic carbocycles. The van der Waals surface area contributed by atoms with Gasteiger partial charge in [-0.25, -0.2) is 9.59 Å². The molecule has 0 bridgehead atoms. The van der Waals surface area contributed by atoms with Crippen molar-refractivity contribution in [1.82, 2.24) is 9.80 Å². The number of urea groups is 1. The Kier molecular flexibility index (Phi) is 7.08. The molecule has 2 heterocycles. The fourth-order valence-electron chi connectivity index (χ4n) is 5.99. The fraction of sp³-hybridized carbons (Fsp3) is 0.171. The topological polar surface area (TPSA) is 81.2 Å². The van der Waals surface area contributed by atoms with Crippen LogP contribution in [0.3, 0.4) is 0 Å². The van der Waals surface area contributed by atoms with Gasteiger partial charge in [-0.05, 0) is 41.3 Å². The maximum absolute atomic E-state index is 14.4. The summed E-state index contributed by atoms with van der Waals surface area (Å²) in [7, 11) is 0. The van der Waals surface area contributed by atoms with Crippen LogP contribution in [-0.2, 0) is 15.0 Å². The van der Waals surface area contributed by atoms with E-state index in [-0.39, 0.29) is 25.5 Å². The number of carboxylic acids is 1. The second-order valence-electron chi connectivity index (χ2n) is 10.7. The Bertz CT molecular complexity index is 1580. The lowest BCUT2D eigenvalue weighted by Crippen LogP contribution is -2.63. The zero-order chi connectivity index (χ0) is 29.3. The van der Waals surface area contributed by atoms with Crippen molar-refractivity contribution in [3.63, 3.8) is 0 Å². The number of anilines is 2. The zero-order valence-electron chi connectivity index (χ0n) is 23.3. The quantitative estimate of drug-likeness (QED) is 0.332. The Morgan fingerprint density at radius 3 is 1.67 bits per heavy atom. The number of amides is 3. The van der Waals surface area contributed by atoms with Gasteiger partial charge in [0.1, 0.15) is 6.04 Å². The molecule has 3 amide bonds. The summed E-state index contributed by atoms with van der Waals surface area (Å²) < 4.78 is 0. The number of carbonyl (C=O) groups excluding carboxylic acids is 2. The molecule has 0 saturated carbocycles. The lowest BCUT2D eigenvalue weighted by molar-refractivity contribution is -0.148. The number of carbonyl (C=O) groups is 3. The molecule has 4 aromatic rings. The first-order valence-electron chi connectivity index (χ1n) is 14.0. The molecular formula is C35H31N3O4. The number of rotatable bonds is 4. The van der Waals surface area contributed by atoms with E-state index in [1.165, 1.54) is 4.90 Å². The molecule has 2 aliphatic heterocycles. The summed E-state index contributed by atoms with van der Waals surface area (Å²) in [4.78, 5) is 45.9. The van der Waals surface area contributed by atoms with E-state index in [1.54, 1.807) is 9.80 Å². The first-order valence-corrected chi connectivity index (χ1v) is 14.0. The van der Waals surface area contributed by atoms with Gasteiger partial charge in [0.2, 0.25) is 5.91 Å². The predicted molar refractivity (Wildman–Crippen MR) is 163 cm³/mol. The van der Waals surface area contributed by atoms with E-state index in [0.29, 0.717) is 11.4 Å². The summed E-state index contributed by atoms with van der Waals surface area (Å²) in [6.07, 6.45) is 3.92. The summed E-state index contributed by atoms with van der Waals surface area (Å²) in [5, 5.41) is 10.4. The van der Waals surface area contributed by atoms with E-state index in [2.05, 4.69) is 0 Å². The van der Waals surface area contributed by atoms with Crippen molar-refractivity contribution in [2.45, 2.75) is 18.4 Å². The molecule has 42 heavy (non-hydrogen) atoms. The van der Waals surface area contributed by atoms with Crippen LogP contribution in [0.5, 0.6) is 0 Å². The fourth-order valence-corrected chi connectivity index (χ4v) is 5.99. The molecule has 1 N–H and O–H groups in total.